The lowest BCUT2D eigenvalue weighted by Crippen LogP contribution is -2.46. The molecular weight excluding hydrogens is 277 g/mol. The molecule has 0 bridgehead atoms. The van der Waals surface area contributed by atoms with E-state index in [1.165, 1.54) is 12.8 Å². The summed E-state index contributed by atoms with van der Waals surface area (Å²) in [5.74, 6) is -0.309. The van der Waals surface area contributed by atoms with Gasteiger partial charge >= 0.3 is 6.18 Å². The lowest BCUT2D eigenvalue weighted by atomic mass is 9.84. The predicted molar refractivity (Wildman–Crippen MR) is 79.3 cm³/mol. The van der Waals surface area contributed by atoms with Crippen molar-refractivity contribution >= 4 is 0 Å². The van der Waals surface area contributed by atoms with Gasteiger partial charge in [0.05, 0.1) is 5.92 Å². The highest BCUT2D eigenvalue weighted by Gasteiger charge is 2.45. The van der Waals surface area contributed by atoms with E-state index in [-0.39, 0.29) is 6.04 Å². The first-order valence-corrected chi connectivity index (χ1v) is 8.49. The zero-order valence-corrected chi connectivity index (χ0v) is 13.1. The molecule has 1 saturated heterocycles. The third-order valence-electron chi connectivity index (χ3n) is 5.12. The van der Waals surface area contributed by atoms with Crippen molar-refractivity contribution in [3.63, 3.8) is 0 Å². The zero-order chi connectivity index (χ0) is 15.3. The molecule has 0 radical (unpaired) electrons. The fourth-order valence-electron chi connectivity index (χ4n) is 3.64. The summed E-state index contributed by atoms with van der Waals surface area (Å²) >= 11 is 0. The van der Waals surface area contributed by atoms with Gasteiger partial charge in [0.2, 0.25) is 0 Å². The van der Waals surface area contributed by atoms with Crippen LogP contribution in [0.2, 0.25) is 0 Å². The van der Waals surface area contributed by atoms with Crippen LogP contribution in [-0.2, 0) is 0 Å². The van der Waals surface area contributed by atoms with Crippen LogP contribution in [0.3, 0.4) is 0 Å². The fourth-order valence-corrected chi connectivity index (χ4v) is 3.64. The molecule has 0 aromatic rings. The minimum absolute atomic E-state index is 0.297. The smallest absolute Gasteiger partial charge is 0.313 e. The van der Waals surface area contributed by atoms with E-state index in [0.29, 0.717) is 25.8 Å². The first kappa shape index (κ1) is 17.1. The summed E-state index contributed by atoms with van der Waals surface area (Å²) in [6.45, 7) is 6.32. The van der Waals surface area contributed by atoms with Crippen LogP contribution in [0.15, 0.2) is 0 Å². The number of piperidine rings is 1. The van der Waals surface area contributed by atoms with E-state index in [2.05, 4.69) is 17.1 Å². The molecule has 5 heteroatoms. The molecule has 2 nitrogen and oxygen atoms in total. The average Bonchev–Trinajstić information content (AvgIpc) is 2.45. The normalized spacial score (nSPS) is 29.7. The molecule has 1 aliphatic carbocycles. The van der Waals surface area contributed by atoms with Gasteiger partial charge in [-0.25, -0.2) is 0 Å². The number of hydrogen-bond donors (Lipinski definition) is 1. The molecule has 2 fully saturated rings. The first-order chi connectivity index (χ1) is 9.97. The van der Waals surface area contributed by atoms with Crippen molar-refractivity contribution in [3.05, 3.63) is 0 Å². The van der Waals surface area contributed by atoms with Crippen LogP contribution >= 0.6 is 0 Å². The van der Waals surface area contributed by atoms with Crippen LogP contribution in [0.1, 0.15) is 51.9 Å². The second-order valence-corrected chi connectivity index (χ2v) is 6.87. The number of alkyl halides is 3. The Kier molecular flexibility index (Phi) is 6.35. The van der Waals surface area contributed by atoms with Crippen LogP contribution in [-0.4, -0.2) is 43.3 Å². The van der Waals surface area contributed by atoms with Crippen LogP contribution < -0.4 is 5.32 Å². The minimum atomic E-state index is -4.04. The molecule has 21 heavy (non-hydrogen) atoms. The van der Waals surface area contributed by atoms with E-state index < -0.39 is 12.1 Å². The Hall–Kier alpha value is -0.290. The lowest BCUT2D eigenvalue weighted by Gasteiger charge is -2.34. The molecule has 0 amide bonds. The summed E-state index contributed by atoms with van der Waals surface area (Å²) in [5.41, 5.74) is 0. The van der Waals surface area contributed by atoms with Gasteiger partial charge in [0.1, 0.15) is 0 Å². The van der Waals surface area contributed by atoms with Crippen molar-refractivity contribution in [1.29, 1.82) is 0 Å². The van der Waals surface area contributed by atoms with Gasteiger partial charge in [-0.1, -0.05) is 19.8 Å². The second-order valence-electron chi connectivity index (χ2n) is 6.87. The molecule has 1 heterocycles. The summed E-state index contributed by atoms with van der Waals surface area (Å²) in [6.07, 6.45) is 2.04. The largest absolute Gasteiger partial charge is 0.393 e. The maximum atomic E-state index is 13.0. The Balaban J connectivity index is 1.65. The molecule has 2 aliphatic rings. The zero-order valence-electron chi connectivity index (χ0n) is 13.1. The molecule has 0 aromatic carbocycles. The maximum absolute atomic E-state index is 13.0. The number of nitrogens with zero attached hydrogens (tertiary/aromatic N) is 1. The van der Waals surface area contributed by atoms with Gasteiger partial charge in [0.25, 0.3) is 0 Å². The Morgan fingerprint density at radius 2 is 1.71 bits per heavy atom. The van der Waals surface area contributed by atoms with Crippen molar-refractivity contribution in [2.24, 2.45) is 11.8 Å². The highest BCUT2D eigenvalue weighted by atomic mass is 19.4. The van der Waals surface area contributed by atoms with Crippen LogP contribution in [0, 0.1) is 11.8 Å². The van der Waals surface area contributed by atoms with Crippen molar-refractivity contribution < 1.29 is 13.2 Å². The molecule has 0 aromatic heterocycles. The summed E-state index contributed by atoms with van der Waals surface area (Å²) < 4.78 is 38.9. The molecule has 0 spiro atoms. The third kappa shape index (κ3) is 5.44. The number of rotatable bonds is 5. The third-order valence-corrected chi connectivity index (χ3v) is 5.12. The van der Waals surface area contributed by atoms with Crippen LogP contribution in [0.25, 0.3) is 0 Å². The van der Waals surface area contributed by atoms with E-state index >= 15 is 0 Å². The lowest BCUT2D eigenvalue weighted by molar-refractivity contribution is -0.188. The first-order valence-electron chi connectivity index (χ1n) is 8.49. The topological polar surface area (TPSA) is 15.3 Å². The number of nitrogens with one attached hydrogen (secondary N) is 1. The fraction of sp³-hybridized carbons (Fsp3) is 1.00. The summed E-state index contributed by atoms with van der Waals surface area (Å²) in [5, 5.41) is 3.18. The standard InChI is InChI=1S/C16H29F3N2/c1-13-7-11-21(12-8-13)10-4-9-20-15-6-3-2-5-14(15)16(17,18)19/h13-15,20H,2-12H2,1H3. The van der Waals surface area contributed by atoms with E-state index in [1.807, 2.05) is 0 Å². The second kappa shape index (κ2) is 7.82. The van der Waals surface area contributed by atoms with Gasteiger partial charge < -0.3 is 10.2 Å². The SMILES string of the molecule is CC1CCN(CCCNC2CCCCC2C(F)(F)F)CC1. The van der Waals surface area contributed by atoms with E-state index in [0.717, 1.165) is 38.4 Å². The number of halogens is 3. The highest BCUT2D eigenvalue weighted by Crippen LogP contribution is 2.37. The highest BCUT2D eigenvalue weighted by molar-refractivity contribution is 4.85. The predicted octanol–water partition coefficient (Wildman–Crippen LogP) is 3.82. The number of likely N-dealkylation sites (tertiary alicyclic amines) is 1. The Morgan fingerprint density at radius 3 is 2.38 bits per heavy atom. The summed E-state index contributed by atoms with van der Waals surface area (Å²) in [4.78, 5) is 2.45. The van der Waals surface area contributed by atoms with Gasteiger partial charge in [0.15, 0.2) is 0 Å². The minimum Gasteiger partial charge on any atom is -0.313 e. The van der Waals surface area contributed by atoms with Gasteiger partial charge in [0, 0.05) is 6.04 Å². The van der Waals surface area contributed by atoms with E-state index in [9.17, 15) is 13.2 Å². The maximum Gasteiger partial charge on any atom is 0.393 e. The van der Waals surface area contributed by atoms with E-state index in [1.54, 1.807) is 0 Å². The monoisotopic (exact) mass is 306 g/mol. The van der Waals surface area contributed by atoms with E-state index in [4.69, 9.17) is 0 Å². The van der Waals surface area contributed by atoms with Gasteiger partial charge in [-0.2, -0.15) is 13.2 Å². The van der Waals surface area contributed by atoms with Gasteiger partial charge in [-0.15, -0.1) is 0 Å². The Bertz CT molecular complexity index is 298. The Labute approximate surface area is 126 Å². The average molecular weight is 306 g/mol. The summed E-state index contributed by atoms with van der Waals surface area (Å²) in [7, 11) is 0. The molecule has 124 valence electrons. The van der Waals surface area contributed by atoms with Crippen molar-refractivity contribution in [2.45, 2.75) is 64.1 Å². The van der Waals surface area contributed by atoms with Crippen LogP contribution in [0.4, 0.5) is 13.2 Å². The van der Waals surface area contributed by atoms with Gasteiger partial charge in [-0.05, 0) is 64.2 Å². The van der Waals surface area contributed by atoms with Crippen LogP contribution in [0.5, 0.6) is 0 Å². The quantitative estimate of drug-likeness (QED) is 0.777. The molecule has 2 unspecified atom stereocenters. The molecule has 2 atom stereocenters. The Morgan fingerprint density at radius 1 is 1.05 bits per heavy atom. The van der Waals surface area contributed by atoms with Crippen molar-refractivity contribution in [3.8, 4) is 0 Å². The molecule has 1 N–H and O–H groups in total. The van der Waals surface area contributed by atoms with Crippen molar-refractivity contribution in [1.82, 2.24) is 10.2 Å². The van der Waals surface area contributed by atoms with Gasteiger partial charge in [-0.3, -0.25) is 0 Å². The molecule has 1 aliphatic heterocycles. The summed E-state index contributed by atoms with van der Waals surface area (Å²) in [6, 6.07) is -0.361. The molecule has 2 rings (SSSR count). The number of hydrogen-bond acceptors (Lipinski definition) is 2. The molecule has 1 saturated carbocycles. The molecular formula is C16H29F3N2. The van der Waals surface area contributed by atoms with Crippen molar-refractivity contribution in [2.75, 3.05) is 26.2 Å².